The lowest BCUT2D eigenvalue weighted by Crippen LogP contribution is -2.03. The molecule has 0 saturated heterocycles. The third-order valence-corrected chi connectivity index (χ3v) is 6.49. The van der Waals surface area contributed by atoms with Crippen molar-refractivity contribution in [2.75, 3.05) is 0 Å². The van der Waals surface area contributed by atoms with E-state index in [4.69, 9.17) is 11.6 Å². The monoisotopic (exact) mass is 528 g/mol. The van der Waals surface area contributed by atoms with Crippen LogP contribution >= 0.6 is 39.3 Å². The molecular formula is C23H18BrClN4O2S. The SMILES string of the molecule is CCn1c(S/C(=C\c2cccn2-c2ccc(Br)cc2)C(=O)O)nnc1-c1ccc(Cl)cc1. The number of carboxylic acid groups (broad SMARTS) is 1. The van der Waals surface area contributed by atoms with Crippen molar-refractivity contribution in [2.24, 2.45) is 0 Å². The van der Waals surface area contributed by atoms with Gasteiger partial charge in [-0.05, 0) is 85.4 Å². The zero-order valence-corrected chi connectivity index (χ0v) is 20.1. The van der Waals surface area contributed by atoms with E-state index in [1.54, 1.807) is 18.2 Å². The Balaban J connectivity index is 1.68. The van der Waals surface area contributed by atoms with Crippen LogP contribution in [-0.4, -0.2) is 30.4 Å². The molecule has 1 N–H and O–H groups in total. The summed E-state index contributed by atoms with van der Waals surface area (Å²) in [5.74, 6) is -0.369. The average Bonchev–Trinajstić information content (AvgIpc) is 3.41. The zero-order chi connectivity index (χ0) is 22.7. The van der Waals surface area contributed by atoms with Crippen LogP contribution in [0.3, 0.4) is 0 Å². The predicted octanol–water partition coefficient (Wildman–Crippen LogP) is 6.39. The summed E-state index contributed by atoms with van der Waals surface area (Å²) in [5, 5.41) is 19.6. The second-order valence-electron chi connectivity index (χ2n) is 6.75. The van der Waals surface area contributed by atoms with E-state index in [0.29, 0.717) is 22.5 Å². The summed E-state index contributed by atoms with van der Waals surface area (Å²) in [6.45, 7) is 2.56. The predicted molar refractivity (Wildman–Crippen MR) is 131 cm³/mol. The van der Waals surface area contributed by atoms with Crippen LogP contribution in [0.4, 0.5) is 0 Å². The lowest BCUT2D eigenvalue weighted by molar-refractivity contribution is -0.131. The van der Waals surface area contributed by atoms with E-state index in [-0.39, 0.29) is 4.91 Å². The molecule has 2 heterocycles. The highest BCUT2D eigenvalue weighted by Crippen LogP contribution is 2.31. The molecule has 0 amide bonds. The van der Waals surface area contributed by atoms with E-state index in [1.165, 1.54) is 0 Å². The van der Waals surface area contributed by atoms with Crippen molar-refractivity contribution in [1.29, 1.82) is 0 Å². The van der Waals surface area contributed by atoms with Gasteiger partial charge in [0.25, 0.3) is 0 Å². The van der Waals surface area contributed by atoms with Gasteiger partial charge in [-0.2, -0.15) is 0 Å². The average molecular weight is 530 g/mol. The van der Waals surface area contributed by atoms with E-state index < -0.39 is 5.97 Å². The number of halogens is 2. The number of hydrogen-bond acceptors (Lipinski definition) is 4. The van der Waals surface area contributed by atoms with Crippen LogP contribution in [0.5, 0.6) is 0 Å². The molecule has 0 saturated carbocycles. The highest BCUT2D eigenvalue weighted by molar-refractivity contribution is 9.10. The van der Waals surface area contributed by atoms with Gasteiger partial charge in [0, 0.05) is 39.2 Å². The maximum Gasteiger partial charge on any atom is 0.342 e. The Labute approximate surface area is 202 Å². The molecule has 162 valence electrons. The first-order chi connectivity index (χ1) is 15.5. The number of benzene rings is 2. The van der Waals surface area contributed by atoms with Gasteiger partial charge in [0.15, 0.2) is 11.0 Å². The van der Waals surface area contributed by atoms with Crippen LogP contribution < -0.4 is 0 Å². The molecule has 0 bridgehead atoms. The normalized spacial score (nSPS) is 11.7. The molecule has 2 aromatic carbocycles. The summed E-state index contributed by atoms with van der Waals surface area (Å²) < 4.78 is 4.79. The molecule has 0 radical (unpaired) electrons. The van der Waals surface area contributed by atoms with Gasteiger partial charge < -0.3 is 14.2 Å². The Morgan fingerprint density at radius 3 is 2.50 bits per heavy atom. The molecule has 9 heteroatoms. The van der Waals surface area contributed by atoms with Crippen molar-refractivity contribution in [2.45, 2.75) is 18.6 Å². The van der Waals surface area contributed by atoms with Crippen LogP contribution in [0, 0.1) is 0 Å². The van der Waals surface area contributed by atoms with E-state index in [0.717, 1.165) is 33.2 Å². The molecule has 0 unspecified atom stereocenters. The quantitative estimate of drug-likeness (QED) is 0.222. The smallest absolute Gasteiger partial charge is 0.342 e. The Hall–Kier alpha value is -2.81. The molecule has 4 rings (SSSR count). The zero-order valence-electron chi connectivity index (χ0n) is 16.9. The summed E-state index contributed by atoms with van der Waals surface area (Å²) in [5.41, 5.74) is 2.54. The molecule has 0 aliphatic carbocycles. The minimum absolute atomic E-state index is 0.145. The maximum absolute atomic E-state index is 12.1. The van der Waals surface area contributed by atoms with E-state index in [9.17, 15) is 9.90 Å². The first kappa shape index (κ1) is 22.4. The summed E-state index contributed by atoms with van der Waals surface area (Å²) in [6, 6.07) is 18.9. The number of aromatic nitrogens is 4. The largest absolute Gasteiger partial charge is 0.477 e. The molecule has 6 nitrogen and oxygen atoms in total. The third kappa shape index (κ3) is 4.82. The van der Waals surface area contributed by atoms with Crippen LogP contribution in [0.15, 0.2) is 81.4 Å². The molecular weight excluding hydrogens is 512 g/mol. The summed E-state index contributed by atoms with van der Waals surface area (Å²) in [4.78, 5) is 12.2. The Bertz CT molecular complexity index is 1280. The fourth-order valence-corrected chi connectivity index (χ4v) is 4.44. The second kappa shape index (κ2) is 9.77. The van der Waals surface area contributed by atoms with Gasteiger partial charge in [0.2, 0.25) is 0 Å². The number of carboxylic acids is 1. The van der Waals surface area contributed by atoms with E-state index in [2.05, 4.69) is 26.1 Å². The maximum atomic E-state index is 12.1. The highest BCUT2D eigenvalue weighted by atomic mass is 79.9. The minimum atomic E-state index is -1.03. The fourth-order valence-electron chi connectivity index (χ4n) is 3.18. The third-order valence-electron chi connectivity index (χ3n) is 4.71. The molecule has 0 aliphatic rings. The number of rotatable bonds is 7. The summed E-state index contributed by atoms with van der Waals surface area (Å²) in [6.07, 6.45) is 3.54. The summed E-state index contributed by atoms with van der Waals surface area (Å²) >= 11 is 10.5. The van der Waals surface area contributed by atoms with Crippen LogP contribution in [-0.2, 0) is 11.3 Å². The van der Waals surface area contributed by atoms with Crippen molar-refractivity contribution in [3.8, 4) is 17.1 Å². The van der Waals surface area contributed by atoms with Crippen LogP contribution in [0.1, 0.15) is 12.6 Å². The molecule has 0 spiro atoms. The Morgan fingerprint density at radius 1 is 1.12 bits per heavy atom. The van der Waals surface area contributed by atoms with Gasteiger partial charge in [-0.25, -0.2) is 4.79 Å². The molecule has 32 heavy (non-hydrogen) atoms. The minimum Gasteiger partial charge on any atom is -0.477 e. The lowest BCUT2D eigenvalue weighted by Gasteiger charge is -2.09. The molecule has 0 atom stereocenters. The highest BCUT2D eigenvalue weighted by Gasteiger charge is 2.19. The topological polar surface area (TPSA) is 72.9 Å². The molecule has 0 fully saturated rings. The van der Waals surface area contributed by atoms with Gasteiger partial charge in [-0.3, -0.25) is 0 Å². The number of nitrogens with zero attached hydrogens (tertiary/aromatic N) is 4. The van der Waals surface area contributed by atoms with Crippen LogP contribution in [0.2, 0.25) is 5.02 Å². The van der Waals surface area contributed by atoms with Crippen LogP contribution in [0.25, 0.3) is 23.2 Å². The van der Waals surface area contributed by atoms with Crippen molar-refractivity contribution in [3.63, 3.8) is 0 Å². The fraction of sp³-hybridized carbons (Fsp3) is 0.0870. The Morgan fingerprint density at radius 2 is 1.84 bits per heavy atom. The van der Waals surface area contributed by atoms with Crippen molar-refractivity contribution >= 4 is 51.3 Å². The second-order valence-corrected chi connectivity index (χ2v) is 9.11. The standard InChI is InChI=1S/C23H18BrClN4O2S/c1-2-28-21(15-5-9-17(25)10-6-15)26-27-23(28)32-20(22(30)31)14-19-4-3-13-29(19)18-11-7-16(24)8-12-18/h3-14H,2H2,1H3,(H,30,31)/b20-14-. The van der Waals surface area contributed by atoms with Gasteiger partial charge >= 0.3 is 5.97 Å². The summed E-state index contributed by atoms with van der Waals surface area (Å²) in [7, 11) is 0. The van der Waals surface area contributed by atoms with Crippen molar-refractivity contribution in [1.82, 2.24) is 19.3 Å². The first-order valence-corrected chi connectivity index (χ1v) is 11.7. The molecule has 4 aromatic rings. The molecule has 2 aromatic heterocycles. The van der Waals surface area contributed by atoms with E-state index in [1.807, 2.05) is 70.8 Å². The van der Waals surface area contributed by atoms with Gasteiger partial charge in [0.1, 0.15) is 4.91 Å². The van der Waals surface area contributed by atoms with Crippen molar-refractivity contribution in [3.05, 3.63) is 87.0 Å². The van der Waals surface area contributed by atoms with E-state index >= 15 is 0 Å². The Kier molecular flexibility index (Phi) is 6.83. The number of thioether (sulfide) groups is 1. The number of aliphatic carboxylic acids is 1. The van der Waals surface area contributed by atoms with Gasteiger partial charge in [-0.1, -0.05) is 27.5 Å². The number of hydrogen-bond donors (Lipinski definition) is 1. The van der Waals surface area contributed by atoms with Crippen molar-refractivity contribution < 1.29 is 9.90 Å². The lowest BCUT2D eigenvalue weighted by atomic mass is 10.2. The molecule has 0 aliphatic heterocycles. The van der Waals surface area contributed by atoms with Gasteiger partial charge in [-0.15, -0.1) is 10.2 Å². The first-order valence-electron chi connectivity index (χ1n) is 9.71. The van der Waals surface area contributed by atoms with Gasteiger partial charge in [0.05, 0.1) is 0 Å². The number of carbonyl (C=O) groups is 1.